The van der Waals surface area contributed by atoms with Crippen LogP contribution in [-0.4, -0.2) is 40.4 Å². The highest BCUT2D eigenvalue weighted by Crippen LogP contribution is 2.25. The first-order chi connectivity index (χ1) is 7.39. The Balaban J connectivity index is 2.75. The fourth-order valence-electron chi connectivity index (χ4n) is 1.82. The molecule has 1 fully saturated rings. The minimum atomic E-state index is -0.543. The summed E-state index contributed by atoms with van der Waals surface area (Å²) in [6, 6.07) is -0.470. The predicted molar refractivity (Wildman–Crippen MR) is 60.8 cm³/mol. The van der Waals surface area contributed by atoms with Crippen molar-refractivity contribution in [1.29, 1.82) is 0 Å². The van der Waals surface area contributed by atoms with Crippen LogP contribution in [0.2, 0.25) is 0 Å². The first-order valence-corrected chi connectivity index (χ1v) is 5.47. The third-order valence-electron chi connectivity index (χ3n) is 2.51. The molecule has 0 bridgehead atoms. The van der Waals surface area contributed by atoms with Crippen molar-refractivity contribution < 1.29 is 14.6 Å². The van der Waals surface area contributed by atoms with Gasteiger partial charge in [0.05, 0.1) is 18.7 Å². The van der Waals surface area contributed by atoms with Crippen LogP contribution in [0.5, 0.6) is 0 Å². The molecule has 0 aromatic rings. The maximum atomic E-state index is 11.9. The monoisotopic (exact) mass is 225 g/mol. The van der Waals surface area contributed by atoms with Crippen LogP contribution in [0.4, 0.5) is 4.79 Å². The molecule has 0 saturated carbocycles. The smallest absolute Gasteiger partial charge is 0.411 e. The topological polar surface area (TPSA) is 49.8 Å². The van der Waals surface area contributed by atoms with E-state index in [1.165, 1.54) is 4.90 Å². The van der Waals surface area contributed by atoms with Crippen molar-refractivity contribution in [2.24, 2.45) is 0 Å². The van der Waals surface area contributed by atoms with Crippen molar-refractivity contribution in [3.05, 3.63) is 0 Å². The lowest BCUT2D eigenvalue weighted by Crippen LogP contribution is -2.45. The van der Waals surface area contributed by atoms with Gasteiger partial charge in [-0.3, -0.25) is 4.90 Å². The Morgan fingerprint density at radius 3 is 2.62 bits per heavy atom. The Morgan fingerprint density at radius 1 is 1.56 bits per heavy atom. The van der Waals surface area contributed by atoms with Gasteiger partial charge in [-0.15, -0.1) is 6.42 Å². The zero-order valence-electron chi connectivity index (χ0n) is 10.1. The van der Waals surface area contributed by atoms with E-state index in [4.69, 9.17) is 11.2 Å². The number of carbonyl (C=O) groups is 1. The van der Waals surface area contributed by atoms with Gasteiger partial charge in [0.2, 0.25) is 0 Å². The molecule has 1 N–H and O–H groups in total. The lowest BCUT2D eigenvalue weighted by atomic mass is 10.2. The van der Waals surface area contributed by atoms with Crippen LogP contribution in [0.25, 0.3) is 0 Å². The summed E-state index contributed by atoms with van der Waals surface area (Å²) in [6.07, 6.45) is 6.37. The summed E-state index contributed by atoms with van der Waals surface area (Å²) < 4.78 is 5.27. The molecule has 0 unspecified atom stereocenters. The molecule has 0 spiro atoms. The summed E-state index contributed by atoms with van der Waals surface area (Å²) in [4.78, 5) is 13.4. The predicted octanol–water partition coefficient (Wildman–Crippen LogP) is 1.38. The van der Waals surface area contributed by atoms with Gasteiger partial charge in [-0.05, 0) is 33.6 Å². The third kappa shape index (κ3) is 2.89. The summed E-state index contributed by atoms with van der Waals surface area (Å²) in [6.45, 7) is 5.34. The van der Waals surface area contributed by atoms with Gasteiger partial charge in [0.1, 0.15) is 5.60 Å². The van der Waals surface area contributed by atoms with Gasteiger partial charge in [0, 0.05) is 0 Å². The van der Waals surface area contributed by atoms with E-state index in [1.807, 2.05) is 0 Å². The SMILES string of the molecule is C#C[C@H]1CC[C@H](CO)N1C(=O)OC(C)(C)C. The van der Waals surface area contributed by atoms with Crippen LogP contribution in [0.15, 0.2) is 0 Å². The molecule has 0 aromatic carbocycles. The van der Waals surface area contributed by atoms with E-state index >= 15 is 0 Å². The van der Waals surface area contributed by atoms with Gasteiger partial charge < -0.3 is 9.84 Å². The van der Waals surface area contributed by atoms with E-state index in [1.54, 1.807) is 20.8 Å². The van der Waals surface area contributed by atoms with E-state index in [2.05, 4.69) is 5.92 Å². The molecule has 0 aliphatic carbocycles. The van der Waals surface area contributed by atoms with Crippen LogP contribution < -0.4 is 0 Å². The second kappa shape index (κ2) is 4.75. The fourth-order valence-corrected chi connectivity index (χ4v) is 1.82. The van der Waals surface area contributed by atoms with Crippen molar-refractivity contribution >= 4 is 6.09 Å². The summed E-state index contributed by atoms with van der Waals surface area (Å²) in [5.74, 6) is 2.56. The Kier molecular flexibility index (Phi) is 3.82. The molecule has 0 aromatic heterocycles. The second-order valence-corrected chi connectivity index (χ2v) is 4.98. The average Bonchev–Trinajstić information content (AvgIpc) is 2.57. The number of carbonyl (C=O) groups excluding carboxylic acids is 1. The zero-order valence-corrected chi connectivity index (χ0v) is 10.1. The Bertz CT molecular complexity index is 300. The third-order valence-corrected chi connectivity index (χ3v) is 2.51. The summed E-state index contributed by atoms with van der Waals surface area (Å²) >= 11 is 0. The second-order valence-electron chi connectivity index (χ2n) is 4.98. The molecular weight excluding hydrogens is 206 g/mol. The van der Waals surface area contributed by atoms with Gasteiger partial charge in [-0.1, -0.05) is 5.92 Å². The standard InChI is InChI=1S/C12H19NO3/c1-5-9-6-7-10(8-14)13(9)11(15)16-12(2,3)4/h1,9-10,14H,6-8H2,2-4H3/t9-,10+/m0/s1. The molecule has 1 aliphatic rings. The molecule has 1 heterocycles. The summed E-state index contributed by atoms with van der Waals surface area (Å²) in [7, 11) is 0. The van der Waals surface area contributed by atoms with E-state index in [0.717, 1.165) is 12.8 Å². The highest BCUT2D eigenvalue weighted by atomic mass is 16.6. The fraction of sp³-hybridized carbons (Fsp3) is 0.750. The lowest BCUT2D eigenvalue weighted by Gasteiger charge is -2.30. The van der Waals surface area contributed by atoms with Crippen molar-refractivity contribution in [1.82, 2.24) is 4.90 Å². The Labute approximate surface area is 96.6 Å². The number of nitrogens with zero attached hydrogens (tertiary/aromatic N) is 1. The number of terminal acetylenes is 1. The molecule has 1 saturated heterocycles. The van der Waals surface area contributed by atoms with Gasteiger partial charge in [-0.25, -0.2) is 4.79 Å². The largest absolute Gasteiger partial charge is 0.444 e. The molecular formula is C12H19NO3. The molecule has 0 radical (unpaired) electrons. The number of rotatable bonds is 1. The highest BCUT2D eigenvalue weighted by molar-refractivity contribution is 5.70. The van der Waals surface area contributed by atoms with Crippen LogP contribution in [0.1, 0.15) is 33.6 Å². The van der Waals surface area contributed by atoms with Gasteiger partial charge >= 0.3 is 6.09 Å². The lowest BCUT2D eigenvalue weighted by molar-refractivity contribution is 0.0133. The number of aliphatic hydroxyl groups excluding tert-OH is 1. The molecule has 1 aliphatic heterocycles. The van der Waals surface area contributed by atoms with Crippen LogP contribution >= 0.6 is 0 Å². The Hall–Kier alpha value is -1.21. The van der Waals surface area contributed by atoms with E-state index < -0.39 is 11.7 Å². The van der Waals surface area contributed by atoms with Crippen LogP contribution in [0.3, 0.4) is 0 Å². The van der Waals surface area contributed by atoms with E-state index in [9.17, 15) is 9.90 Å². The Morgan fingerprint density at radius 2 is 2.19 bits per heavy atom. The van der Waals surface area contributed by atoms with E-state index in [-0.39, 0.29) is 18.7 Å². The number of amides is 1. The van der Waals surface area contributed by atoms with Crippen molar-refractivity contribution in [2.75, 3.05) is 6.61 Å². The molecule has 1 amide bonds. The maximum Gasteiger partial charge on any atom is 0.411 e. The number of hydrogen-bond acceptors (Lipinski definition) is 3. The highest BCUT2D eigenvalue weighted by Gasteiger charge is 2.37. The molecule has 90 valence electrons. The maximum absolute atomic E-state index is 11.9. The van der Waals surface area contributed by atoms with Gasteiger partial charge in [-0.2, -0.15) is 0 Å². The molecule has 4 heteroatoms. The van der Waals surface area contributed by atoms with Gasteiger partial charge in [0.15, 0.2) is 0 Å². The first kappa shape index (κ1) is 12.9. The minimum absolute atomic E-state index is 0.0720. The van der Waals surface area contributed by atoms with E-state index in [0.29, 0.717) is 0 Å². The number of ether oxygens (including phenoxy) is 1. The van der Waals surface area contributed by atoms with Crippen LogP contribution in [0, 0.1) is 12.3 Å². The number of likely N-dealkylation sites (tertiary alicyclic amines) is 1. The molecule has 1 rings (SSSR count). The van der Waals surface area contributed by atoms with Gasteiger partial charge in [0.25, 0.3) is 0 Å². The average molecular weight is 225 g/mol. The quantitative estimate of drug-likeness (QED) is 0.686. The number of hydrogen-bond donors (Lipinski definition) is 1. The molecule has 4 nitrogen and oxygen atoms in total. The van der Waals surface area contributed by atoms with Crippen molar-refractivity contribution in [3.8, 4) is 12.3 Å². The van der Waals surface area contributed by atoms with Crippen molar-refractivity contribution in [2.45, 2.75) is 51.3 Å². The first-order valence-electron chi connectivity index (χ1n) is 5.47. The molecule has 16 heavy (non-hydrogen) atoms. The normalized spacial score (nSPS) is 25.3. The minimum Gasteiger partial charge on any atom is -0.444 e. The summed E-state index contributed by atoms with van der Waals surface area (Å²) in [5, 5.41) is 9.18. The summed E-state index contributed by atoms with van der Waals surface area (Å²) in [5.41, 5.74) is -0.543. The van der Waals surface area contributed by atoms with Crippen LogP contribution in [-0.2, 0) is 4.74 Å². The molecule has 2 atom stereocenters. The van der Waals surface area contributed by atoms with Crippen molar-refractivity contribution in [3.63, 3.8) is 0 Å². The zero-order chi connectivity index (χ0) is 12.3. The number of aliphatic hydroxyl groups is 1.